The zero-order chi connectivity index (χ0) is 14.4. The third-order valence-corrected chi connectivity index (χ3v) is 3.06. The summed E-state index contributed by atoms with van der Waals surface area (Å²) in [5.74, 6) is -0.796. The van der Waals surface area contributed by atoms with Crippen molar-refractivity contribution in [3.05, 3.63) is 41.2 Å². The molecule has 104 valence electrons. The van der Waals surface area contributed by atoms with E-state index in [1.165, 1.54) is 30.3 Å². The van der Waals surface area contributed by atoms with E-state index in [0.717, 1.165) is 19.4 Å². The van der Waals surface area contributed by atoms with Gasteiger partial charge in [-0.25, -0.2) is 4.39 Å². The number of halogens is 1. The molecule has 1 aromatic rings. The van der Waals surface area contributed by atoms with E-state index in [9.17, 15) is 9.18 Å². The molecule has 4 nitrogen and oxygen atoms in total. The molecule has 0 aromatic heterocycles. The van der Waals surface area contributed by atoms with Crippen LogP contribution in [0.1, 0.15) is 18.4 Å². The molecule has 0 aliphatic carbocycles. The maximum Gasteiger partial charge on any atom is 0.262 e. The molecule has 1 N–H and O–H groups in total. The van der Waals surface area contributed by atoms with E-state index in [1.807, 2.05) is 6.07 Å². The third kappa shape index (κ3) is 3.90. The average molecular weight is 274 g/mol. The standard InChI is InChI=1S/C15H15FN2O2/c16-13-5-3-11(4-6-13)8-12(9-17)15(19)18-10-14-2-1-7-20-14/h3-6,8,14H,1-2,7,10H2,(H,18,19)/b12-8-. The predicted octanol–water partition coefficient (Wildman–Crippen LogP) is 2.03. The molecule has 0 bridgehead atoms. The zero-order valence-corrected chi connectivity index (χ0v) is 10.9. The minimum Gasteiger partial charge on any atom is -0.376 e. The van der Waals surface area contributed by atoms with Crippen molar-refractivity contribution in [1.29, 1.82) is 5.26 Å². The summed E-state index contributed by atoms with van der Waals surface area (Å²) in [5.41, 5.74) is 0.602. The molecule has 2 rings (SSSR count). The number of carbonyl (C=O) groups excluding carboxylic acids is 1. The van der Waals surface area contributed by atoms with Gasteiger partial charge >= 0.3 is 0 Å². The number of carbonyl (C=O) groups is 1. The van der Waals surface area contributed by atoms with E-state index in [-0.39, 0.29) is 17.5 Å². The van der Waals surface area contributed by atoms with Crippen molar-refractivity contribution >= 4 is 12.0 Å². The Balaban J connectivity index is 1.97. The number of ether oxygens (including phenoxy) is 1. The maximum atomic E-state index is 12.8. The second kappa shape index (κ2) is 6.83. The van der Waals surface area contributed by atoms with Crippen LogP contribution in [0, 0.1) is 17.1 Å². The molecule has 1 aromatic carbocycles. The summed E-state index contributed by atoms with van der Waals surface area (Å²) in [6.07, 6.45) is 3.38. The van der Waals surface area contributed by atoms with Gasteiger partial charge in [-0.3, -0.25) is 4.79 Å². The first-order valence-electron chi connectivity index (χ1n) is 6.46. The van der Waals surface area contributed by atoms with Gasteiger partial charge in [-0.15, -0.1) is 0 Å². The lowest BCUT2D eigenvalue weighted by Gasteiger charge is -2.10. The number of nitrogens with zero attached hydrogens (tertiary/aromatic N) is 1. The van der Waals surface area contributed by atoms with Gasteiger partial charge in [0.1, 0.15) is 17.5 Å². The fourth-order valence-corrected chi connectivity index (χ4v) is 1.98. The lowest BCUT2D eigenvalue weighted by Crippen LogP contribution is -2.32. The molecule has 20 heavy (non-hydrogen) atoms. The largest absolute Gasteiger partial charge is 0.376 e. The highest BCUT2D eigenvalue weighted by atomic mass is 19.1. The summed E-state index contributed by atoms with van der Waals surface area (Å²) in [5, 5.41) is 11.7. The minimum atomic E-state index is -0.438. The Morgan fingerprint density at radius 1 is 1.50 bits per heavy atom. The van der Waals surface area contributed by atoms with Gasteiger partial charge in [-0.05, 0) is 36.6 Å². The molecule has 1 saturated heterocycles. The van der Waals surface area contributed by atoms with Gasteiger partial charge in [-0.2, -0.15) is 5.26 Å². The quantitative estimate of drug-likeness (QED) is 0.675. The van der Waals surface area contributed by atoms with Crippen LogP contribution < -0.4 is 5.32 Å². The van der Waals surface area contributed by atoms with Crippen molar-refractivity contribution in [1.82, 2.24) is 5.32 Å². The van der Waals surface area contributed by atoms with Crippen LogP contribution in [-0.4, -0.2) is 25.2 Å². The van der Waals surface area contributed by atoms with Crippen LogP contribution in [-0.2, 0) is 9.53 Å². The number of benzene rings is 1. The lowest BCUT2D eigenvalue weighted by atomic mass is 10.1. The van der Waals surface area contributed by atoms with E-state index < -0.39 is 5.91 Å². The number of rotatable bonds is 4. The molecule has 0 saturated carbocycles. The minimum absolute atomic E-state index is 0.00500. The summed E-state index contributed by atoms with van der Waals surface area (Å²) in [4.78, 5) is 11.9. The Bertz CT molecular complexity index is 540. The maximum absolute atomic E-state index is 12.8. The van der Waals surface area contributed by atoms with Crippen LogP contribution in [0.5, 0.6) is 0 Å². The topological polar surface area (TPSA) is 62.1 Å². The molecule has 1 heterocycles. The van der Waals surface area contributed by atoms with E-state index >= 15 is 0 Å². The van der Waals surface area contributed by atoms with Gasteiger partial charge in [-0.1, -0.05) is 12.1 Å². The molecule has 1 amide bonds. The first-order valence-corrected chi connectivity index (χ1v) is 6.46. The smallest absolute Gasteiger partial charge is 0.262 e. The Hall–Kier alpha value is -2.19. The van der Waals surface area contributed by atoms with Crippen molar-refractivity contribution in [2.45, 2.75) is 18.9 Å². The number of hydrogen-bond acceptors (Lipinski definition) is 3. The van der Waals surface area contributed by atoms with Gasteiger partial charge in [0, 0.05) is 13.2 Å². The Morgan fingerprint density at radius 2 is 2.25 bits per heavy atom. The molecule has 0 spiro atoms. The molecule has 5 heteroatoms. The number of nitriles is 1. The number of hydrogen-bond donors (Lipinski definition) is 1. The van der Waals surface area contributed by atoms with Gasteiger partial charge in [0.25, 0.3) is 5.91 Å². The Labute approximate surface area is 116 Å². The molecule has 1 aliphatic heterocycles. The number of nitrogens with one attached hydrogen (secondary N) is 1. The monoisotopic (exact) mass is 274 g/mol. The summed E-state index contributed by atoms with van der Waals surface area (Å²) in [6.45, 7) is 1.12. The summed E-state index contributed by atoms with van der Waals surface area (Å²) in [6, 6.07) is 7.45. The summed E-state index contributed by atoms with van der Waals surface area (Å²) in [7, 11) is 0. The van der Waals surface area contributed by atoms with Crippen LogP contribution in [0.4, 0.5) is 4.39 Å². The molecule has 1 fully saturated rings. The van der Waals surface area contributed by atoms with Crippen molar-refractivity contribution in [2.24, 2.45) is 0 Å². The highest BCUT2D eigenvalue weighted by Gasteiger charge is 2.17. The molecule has 1 aliphatic rings. The molecular formula is C15H15FN2O2. The average Bonchev–Trinajstić information content (AvgIpc) is 2.97. The highest BCUT2D eigenvalue weighted by molar-refractivity contribution is 6.01. The normalized spacial score (nSPS) is 18.6. The summed E-state index contributed by atoms with van der Waals surface area (Å²) < 4.78 is 18.2. The first-order chi connectivity index (χ1) is 9.69. The van der Waals surface area contributed by atoms with Crippen LogP contribution in [0.15, 0.2) is 29.8 Å². The van der Waals surface area contributed by atoms with Crippen molar-refractivity contribution in [3.8, 4) is 6.07 Å². The summed E-state index contributed by atoms with van der Waals surface area (Å²) >= 11 is 0. The van der Waals surface area contributed by atoms with E-state index in [0.29, 0.717) is 12.1 Å². The van der Waals surface area contributed by atoms with Gasteiger partial charge in [0.05, 0.1) is 6.10 Å². The van der Waals surface area contributed by atoms with Crippen LogP contribution in [0.2, 0.25) is 0 Å². The molecule has 1 unspecified atom stereocenters. The van der Waals surface area contributed by atoms with Crippen LogP contribution >= 0.6 is 0 Å². The number of amides is 1. The first kappa shape index (κ1) is 14.2. The van der Waals surface area contributed by atoms with Gasteiger partial charge in [0.15, 0.2) is 0 Å². The fourth-order valence-electron chi connectivity index (χ4n) is 1.98. The van der Waals surface area contributed by atoms with E-state index in [1.54, 1.807) is 0 Å². The Kier molecular flexibility index (Phi) is 4.85. The SMILES string of the molecule is N#C/C(=C/c1ccc(F)cc1)C(=O)NCC1CCCO1. The fraction of sp³-hybridized carbons (Fsp3) is 0.333. The Morgan fingerprint density at radius 3 is 2.85 bits per heavy atom. The van der Waals surface area contributed by atoms with Gasteiger partial charge in [0.2, 0.25) is 0 Å². The van der Waals surface area contributed by atoms with E-state index in [4.69, 9.17) is 10.00 Å². The lowest BCUT2D eigenvalue weighted by molar-refractivity contribution is -0.117. The molecule has 1 atom stereocenters. The molecular weight excluding hydrogens is 259 g/mol. The van der Waals surface area contributed by atoms with E-state index in [2.05, 4.69) is 5.32 Å². The zero-order valence-electron chi connectivity index (χ0n) is 10.9. The highest BCUT2D eigenvalue weighted by Crippen LogP contribution is 2.11. The second-order valence-corrected chi connectivity index (χ2v) is 4.57. The van der Waals surface area contributed by atoms with Crippen LogP contribution in [0.3, 0.4) is 0 Å². The third-order valence-electron chi connectivity index (χ3n) is 3.06. The van der Waals surface area contributed by atoms with Crippen LogP contribution in [0.25, 0.3) is 6.08 Å². The molecule has 0 radical (unpaired) electrons. The van der Waals surface area contributed by atoms with Crippen molar-refractivity contribution < 1.29 is 13.9 Å². The predicted molar refractivity (Wildman–Crippen MR) is 72.0 cm³/mol. The second-order valence-electron chi connectivity index (χ2n) is 4.57. The van der Waals surface area contributed by atoms with Crippen molar-refractivity contribution in [3.63, 3.8) is 0 Å². The van der Waals surface area contributed by atoms with Crippen molar-refractivity contribution in [2.75, 3.05) is 13.2 Å². The van der Waals surface area contributed by atoms with Gasteiger partial charge < -0.3 is 10.1 Å².